The van der Waals surface area contributed by atoms with Gasteiger partial charge in [0.2, 0.25) is 11.6 Å². The Hall–Kier alpha value is -1.81. The van der Waals surface area contributed by atoms with Gasteiger partial charge in [-0.1, -0.05) is 30.3 Å². The molecule has 2 rings (SSSR count). The lowest BCUT2D eigenvalue weighted by molar-refractivity contribution is 0.0816. The molecular weight excluding hydrogens is 299 g/mol. The molecule has 0 amide bonds. The summed E-state index contributed by atoms with van der Waals surface area (Å²) in [6.45, 7) is 0. The van der Waals surface area contributed by atoms with Crippen LogP contribution >= 0.6 is 15.9 Å². The summed E-state index contributed by atoms with van der Waals surface area (Å²) in [5, 5.41) is 0. The van der Waals surface area contributed by atoms with Crippen LogP contribution in [0.1, 0.15) is 20.7 Å². The molecule has 0 fully saturated rings. The molecule has 0 atom stereocenters. The summed E-state index contributed by atoms with van der Waals surface area (Å²) in [5.41, 5.74) is 0.476. The van der Waals surface area contributed by atoms with Crippen molar-refractivity contribution < 1.29 is 14.0 Å². The zero-order valence-electron chi connectivity index (χ0n) is 9.19. The van der Waals surface area contributed by atoms with Gasteiger partial charge in [0.1, 0.15) is 5.82 Å². The van der Waals surface area contributed by atoms with Gasteiger partial charge in [-0.2, -0.15) is 0 Å². The fourth-order valence-corrected chi connectivity index (χ4v) is 2.05. The molecule has 2 aromatic rings. The maximum atomic E-state index is 12.9. The Kier molecular flexibility index (Phi) is 3.67. The van der Waals surface area contributed by atoms with Crippen molar-refractivity contribution in [2.24, 2.45) is 0 Å². The van der Waals surface area contributed by atoms with Crippen molar-refractivity contribution in [3.05, 3.63) is 69.9 Å². The Balaban J connectivity index is 2.35. The third-order valence-corrected chi connectivity index (χ3v) is 3.07. The first-order valence-corrected chi connectivity index (χ1v) is 5.98. The predicted octanol–water partition coefficient (Wildman–Crippen LogP) is 3.65. The van der Waals surface area contributed by atoms with Gasteiger partial charge in [-0.05, 0) is 34.1 Å². The van der Waals surface area contributed by atoms with Gasteiger partial charge in [0.15, 0.2) is 0 Å². The maximum Gasteiger partial charge on any atom is 0.234 e. The molecule has 2 nitrogen and oxygen atoms in total. The van der Waals surface area contributed by atoms with Gasteiger partial charge in [0.05, 0.1) is 0 Å². The predicted molar refractivity (Wildman–Crippen MR) is 69.2 cm³/mol. The van der Waals surface area contributed by atoms with Crippen LogP contribution < -0.4 is 0 Å². The Labute approximate surface area is 112 Å². The van der Waals surface area contributed by atoms with Gasteiger partial charge in [0.25, 0.3) is 0 Å². The van der Waals surface area contributed by atoms with Gasteiger partial charge in [-0.25, -0.2) is 4.39 Å². The molecule has 0 heterocycles. The topological polar surface area (TPSA) is 34.1 Å². The van der Waals surface area contributed by atoms with Crippen LogP contribution in [-0.2, 0) is 0 Å². The van der Waals surface area contributed by atoms with Crippen molar-refractivity contribution in [3.63, 3.8) is 0 Å². The first-order valence-electron chi connectivity index (χ1n) is 5.18. The second-order valence-electron chi connectivity index (χ2n) is 3.65. The maximum absolute atomic E-state index is 12.9. The Bertz CT molecular complexity index is 608. The SMILES string of the molecule is O=C(C(=O)c1ccc(F)cc1Br)c1ccccc1. The summed E-state index contributed by atoms with van der Waals surface area (Å²) in [4.78, 5) is 23.9. The largest absolute Gasteiger partial charge is 0.285 e. The van der Waals surface area contributed by atoms with Crippen molar-refractivity contribution in [1.29, 1.82) is 0 Å². The highest BCUT2D eigenvalue weighted by Crippen LogP contribution is 2.20. The van der Waals surface area contributed by atoms with Crippen LogP contribution in [0.25, 0.3) is 0 Å². The highest BCUT2D eigenvalue weighted by atomic mass is 79.9. The van der Waals surface area contributed by atoms with Crippen LogP contribution in [0, 0.1) is 5.82 Å². The van der Waals surface area contributed by atoms with E-state index in [0.717, 1.165) is 12.1 Å². The van der Waals surface area contributed by atoms with Gasteiger partial charge >= 0.3 is 0 Å². The molecule has 0 spiro atoms. The monoisotopic (exact) mass is 306 g/mol. The van der Waals surface area contributed by atoms with Gasteiger partial charge in [-0.15, -0.1) is 0 Å². The van der Waals surface area contributed by atoms with Crippen molar-refractivity contribution >= 4 is 27.5 Å². The first kappa shape index (κ1) is 12.6. The Morgan fingerprint density at radius 1 is 0.944 bits per heavy atom. The average Bonchev–Trinajstić information content (AvgIpc) is 2.38. The van der Waals surface area contributed by atoms with E-state index < -0.39 is 17.4 Å². The van der Waals surface area contributed by atoms with Crippen LogP contribution in [0.3, 0.4) is 0 Å². The molecule has 0 saturated heterocycles. The van der Waals surface area contributed by atoms with Crippen LogP contribution in [0.5, 0.6) is 0 Å². The lowest BCUT2D eigenvalue weighted by Gasteiger charge is -2.03. The van der Waals surface area contributed by atoms with E-state index in [2.05, 4.69) is 15.9 Å². The Morgan fingerprint density at radius 3 is 2.22 bits per heavy atom. The van der Waals surface area contributed by atoms with Crippen molar-refractivity contribution in [1.82, 2.24) is 0 Å². The number of hydrogen-bond acceptors (Lipinski definition) is 2. The van der Waals surface area contributed by atoms with E-state index in [1.54, 1.807) is 30.3 Å². The number of carbonyl (C=O) groups excluding carboxylic acids is 2. The minimum atomic E-state index is -0.659. The zero-order chi connectivity index (χ0) is 13.1. The van der Waals surface area contributed by atoms with Crippen LogP contribution in [0.2, 0.25) is 0 Å². The summed E-state index contributed by atoms with van der Waals surface area (Å²) >= 11 is 3.08. The minimum Gasteiger partial charge on any atom is -0.285 e. The molecule has 0 aromatic heterocycles. The van der Waals surface area contributed by atoms with Crippen molar-refractivity contribution in [2.75, 3.05) is 0 Å². The third kappa shape index (κ3) is 2.54. The van der Waals surface area contributed by atoms with E-state index in [9.17, 15) is 14.0 Å². The number of rotatable bonds is 3. The van der Waals surface area contributed by atoms with Gasteiger partial charge in [-0.3, -0.25) is 9.59 Å². The summed E-state index contributed by atoms with van der Waals surface area (Å²) < 4.78 is 13.2. The van der Waals surface area contributed by atoms with E-state index >= 15 is 0 Å². The summed E-state index contributed by atoms with van der Waals surface area (Å²) in [6.07, 6.45) is 0. The third-order valence-electron chi connectivity index (χ3n) is 2.42. The molecule has 0 unspecified atom stereocenters. The molecule has 2 aromatic carbocycles. The number of benzene rings is 2. The number of ketones is 2. The highest BCUT2D eigenvalue weighted by Gasteiger charge is 2.20. The smallest absolute Gasteiger partial charge is 0.234 e. The number of carbonyl (C=O) groups is 2. The summed E-state index contributed by atoms with van der Waals surface area (Å²) in [5.74, 6) is -1.73. The quantitative estimate of drug-likeness (QED) is 0.640. The van der Waals surface area contributed by atoms with Gasteiger partial charge in [0, 0.05) is 15.6 Å². The fourth-order valence-electron chi connectivity index (χ4n) is 1.52. The molecule has 0 radical (unpaired) electrons. The molecule has 0 aliphatic carbocycles. The van der Waals surface area contributed by atoms with Crippen LogP contribution in [-0.4, -0.2) is 11.6 Å². The van der Waals surface area contributed by atoms with E-state index in [1.165, 1.54) is 6.07 Å². The molecule has 0 saturated carbocycles. The van der Waals surface area contributed by atoms with Gasteiger partial charge < -0.3 is 0 Å². The first-order chi connectivity index (χ1) is 8.59. The van der Waals surface area contributed by atoms with E-state index in [0.29, 0.717) is 5.56 Å². The molecule has 0 bridgehead atoms. The highest BCUT2D eigenvalue weighted by molar-refractivity contribution is 9.10. The van der Waals surface area contributed by atoms with Crippen molar-refractivity contribution in [2.45, 2.75) is 0 Å². The lowest BCUT2D eigenvalue weighted by atomic mass is 10.0. The second kappa shape index (κ2) is 5.23. The molecule has 0 aliphatic rings. The number of hydrogen-bond donors (Lipinski definition) is 0. The Morgan fingerprint density at radius 2 is 1.61 bits per heavy atom. The van der Waals surface area contributed by atoms with E-state index in [-0.39, 0.29) is 10.0 Å². The lowest BCUT2D eigenvalue weighted by Crippen LogP contribution is -2.15. The number of halogens is 2. The zero-order valence-corrected chi connectivity index (χ0v) is 10.8. The van der Waals surface area contributed by atoms with E-state index in [1.807, 2.05) is 0 Å². The van der Waals surface area contributed by atoms with Crippen molar-refractivity contribution in [3.8, 4) is 0 Å². The average molecular weight is 307 g/mol. The van der Waals surface area contributed by atoms with E-state index in [4.69, 9.17) is 0 Å². The molecule has 0 N–H and O–H groups in total. The number of Topliss-reactive ketones (excluding diaryl/α,β-unsaturated/α-hetero) is 2. The molecule has 0 aliphatic heterocycles. The van der Waals surface area contributed by atoms with Crippen LogP contribution in [0.4, 0.5) is 4.39 Å². The summed E-state index contributed by atoms with van der Waals surface area (Å²) in [7, 11) is 0. The van der Waals surface area contributed by atoms with Crippen LogP contribution in [0.15, 0.2) is 53.0 Å². The molecular formula is C14H8BrFO2. The molecule has 4 heteroatoms. The summed E-state index contributed by atoms with van der Waals surface area (Å²) in [6, 6.07) is 11.9. The molecule has 18 heavy (non-hydrogen) atoms. The minimum absolute atomic E-state index is 0.158. The normalized spacial score (nSPS) is 10.1. The fraction of sp³-hybridized carbons (Fsp3) is 0. The molecule has 90 valence electrons. The standard InChI is InChI=1S/C14H8BrFO2/c15-12-8-10(16)6-7-11(12)14(18)13(17)9-4-2-1-3-5-9/h1-8H. The second-order valence-corrected chi connectivity index (χ2v) is 4.50.